The Hall–Kier alpha value is -0.750. The Balaban J connectivity index is 2.45. The number of hydrogen-bond acceptors (Lipinski definition) is 3. The fraction of sp³-hybridized carbons (Fsp3) is 0.167. The lowest BCUT2D eigenvalue weighted by molar-refractivity contribution is 0.603. The third-order valence-electron chi connectivity index (χ3n) is 2.64. The van der Waals surface area contributed by atoms with Crippen molar-refractivity contribution in [3.8, 4) is 0 Å². The van der Waals surface area contributed by atoms with Crippen LogP contribution in [-0.2, 0) is 0 Å². The first-order valence-electron chi connectivity index (χ1n) is 5.08. The van der Waals surface area contributed by atoms with E-state index >= 15 is 0 Å². The van der Waals surface area contributed by atoms with Gasteiger partial charge >= 0.3 is 0 Å². The molecule has 0 bridgehead atoms. The van der Waals surface area contributed by atoms with Crippen LogP contribution in [0.4, 0.5) is 4.39 Å². The van der Waals surface area contributed by atoms with Crippen molar-refractivity contribution in [2.75, 3.05) is 0 Å². The van der Waals surface area contributed by atoms with Gasteiger partial charge in [-0.15, -0.1) is 11.3 Å². The van der Waals surface area contributed by atoms with Gasteiger partial charge in [-0.1, -0.05) is 6.07 Å². The average molecular weight is 315 g/mol. The molecule has 0 saturated carbocycles. The van der Waals surface area contributed by atoms with E-state index in [9.17, 15) is 4.39 Å². The Morgan fingerprint density at radius 3 is 2.76 bits per heavy atom. The molecule has 0 aliphatic heterocycles. The second-order valence-electron chi connectivity index (χ2n) is 3.78. The monoisotopic (exact) mass is 314 g/mol. The summed E-state index contributed by atoms with van der Waals surface area (Å²) in [6.45, 7) is 1.94. The highest BCUT2D eigenvalue weighted by Gasteiger charge is 2.16. The van der Waals surface area contributed by atoms with Crippen molar-refractivity contribution in [3.63, 3.8) is 0 Å². The molecule has 3 N–H and O–H groups in total. The zero-order chi connectivity index (χ0) is 12.4. The van der Waals surface area contributed by atoms with Gasteiger partial charge in [-0.25, -0.2) is 9.82 Å². The fourth-order valence-electron chi connectivity index (χ4n) is 1.76. The van der Waals surface area contributed by atoms with E-state index < -0.39 is 0 Å². The molecule has 1 aromatic heterocycles. The predicted molar refractivity (Wildman–Crippen MR) is 72.3 cm³/mol. The molecule has 0 radical (unpaired) electrons. The van der Waals surface area contributed by atoms with Gasteiger partial charge in [0.25, 0.3) is 0 Å². The largest absolute Gasteiger partial charge is 0.271 e. The molecule has 0 aliphatic rings. The van der Waals surface area contributed by atoms with Crippen LogP contribution in [0.15, 0.2) is 33.4 Å². The van der Waals surface area contributed by atoms with Gasteiger partial charge < -0.3 is 0 Å². The van der Waals surface area contributed by atoms with Crippen LogP contribution in [0.25, 0.3) is 0 Å². The van der Waals surface area contributed by atoms with Crippen LogP contribution in [0.3, 0.4) is 0 Å². The van der Waals surface area contributed by atoms with Gasteiger partial charge in [-0.3, -0.25) is 5.84 Å². The van der Waals surface area contributed by atoms with Gasteiger partial charge in [0.2, 0.25) is 0 Å². The normalized spacial score (nSPS) is 12.7. The third-order valence-corrected chi connectivity index (χ3v) is 4.16. The molecule has 0 saturated heterocycles. The molecule has 17 heavy (non-hydrogen) atoms. The lowest BCUT2D eigenvalue weighted by Gasteiger charge is -2.17. The number of halogens is 2. The number of hydrogen-bond donors (Lipinski definition) is 2. The van der Waals surface area contributed by atoms with Crippen LogP contribution >= 0.6 is 27.3 Å². The van der Waals surface area contributed by atoms with Crippen molar-refractivity contribution >= 4 is 27.3 Å². The molecule has 1 atom stereocenters. The van der Waals surface area contributed by atoms with Crippen LogP contribution in [0.1, 0.15) is 22.7 Å². The quantitative estimate of drug-likeness (QED) is 0.672. The number of aryl methyl sites for hydroxylation is 1. The number of hydrazine groups is 1. The average Bonchev–Trinajstić information content (AvgIpc) is 2.71. The highest BCUT2D eigenvalue weighted by Crippen LogP contribution is 2.30. The first-order chi connectivity index (χ1) is 8.11. The van der Waals surface area contributed by atoms with Crippen molar-refractivity contribution < 1.29 is 4.39 Å². The van der Waals surface area contributed by atoms with Gasteiger partial charge in [-0.2, -0.15) is 0 Å². The van der Waals surface area contributed by atoms with E-state index in [1.165, 1.54) is 12.1 Å². The van der Waals surface area contributed by atoms with Crippen LogP contribution < -0.4 is 11.3 Å². The van der Waals surface area contributed by atoms with Gasteiger partial charge in [0, 0.05) is 0 Å². The zero-order valence-electron chi connectivity index (χ0n) is 9.21. The minimum Gasteiger partial charge on any atom is -0.271 e. The topological polar surface area (TPSA) is 38.0 Å². The third kappa shape index (κ3) is 2.74. The van der Waals surface area contributed by atoms with Crippen LogP contribution in [0, 0.1) is 12.7 Å². The molecule has 0 amide bonds. The fourth-order valence-corrected chi connectivity index (χ4v) is 2.96. The van der Waals surface area contributed by atoms with E-state index in [4.69, 9.17) is 5.84 Å². The summed E-state index contributed by atoms with van der Waals surface area (Å²) in [5, 5.41) is 2.00. The number of rotatable bonds is 3. The van der Waals surface area contributed by atoms with Gasteiger partial charge in [-0.05, 0) is 63.1 Å². The van der Waals surface area contributed by atoms with E-state index in [2.05, 4.69) is 21.4 Å². The smallest absolute Gasteiger partial charge is 0.123 e. The highest BCUT2D eigenvalue weighted by molar-refractivity contribution is 9.11. The Morgan fingerprint density at radius 2 is 2.18 bits per heavy atom. The summed E-state index contributed by atoms with van der Waals surface area (Å²) >= 11 is 4.99. The minimum atomic E-state index is -0.250. The van der Waals surface area contributed by atoms with Crippen molar-refractivity contribution in [2.45, 2.75) is 13.0 Å². The maximum Gasteiger partial charge on any atom is 0.123 e. The molecule has 90 valence electrons. The summed E-state index contributed by atoms with van der Waals surface area (Å²) < 4.78 is 14.3. The second kappa shape index (κ2) is 5.27. The predicted octanol–water partition coefficient (Wildman–Crippen LogP) is 3.51. The summed E-state index contributed by atoms with van der Waals surface area (Å²) in [4.78, 5) is 0. The molecule has 0 fully saturated rings. The van der Waals surface area contributed by atoms with E-state index in [0.717, 1.165) is 20.5 Å². The Morgan fingerprint density at radius 1 is 1.41 bits per heavy atom. The van der Waals surface area contributed by atoms with Crippen molar-refractivity contribution in [2.24, 2.45) is 5.84 Å². The number of nitrogens with one attached hydrogen (secondary N) is 1. The number of thiophene rings is 1. The lowest BCUT2D eigenvalue weighted by Crippen LogP contribution is -2.29. The van der Waals surface area contributed by atoms with Crippen molar-refractivity contribution in [1.29, 1.82) is 0 Å². The minimum absolute atomic E-state index is 0.187. The van der Waals surface area contributed by atoms with E-state index in [0.29, 0.717) is 0 Å². The van der Waals surface area contributed by atoms with Crippen molar-refractivity contribution in [3.05, 3.63) is 55.9 Å². The summed E-state index contributed by atoms with van der Waals surface area (Å²) in [6, 6.07) is 6.53. The molecule has 2 aromatic rings. The first kappa shape index (κ1) is 12.7. The molecule has 2 rings (SSSR count). The molecule has 5 heteroatoms. The summed E-state index contributed by atoms with van der Waals surface area (Å²) in [7, 11) is 0. The number of nitrogens with two attached hydrogens (primary N) is 1. The van der Waals surface area contributed by atoms with Crippen LogP contribution in [0.5, 0.6) is 0 Å². The first-order valence-corrected chi connectivity index (χ1v) is 6.75. The molecule has 0 spiro atoms. The van der Waals surface area contributed by atoms with E-state index in [-0.39, 0.29) is 11.9 Å². The Labute approximate surface area is 112 Å². The van der Waals surface area contributed by atoms with Crippen molar-refractivity contribution in [1.82, 2.24) is 5.43 Å². The standard InChI is InChI=1S/C12H12BrFN2S/c1-7-2-3-9(14)5-10(7)12(16-15)8-4-11(13)17-6-8/h2-6,12,16H,15H2,1H3. The van der Waals surface area contributed by atoms with E-state index in [1.54, 1.807) is 17.4 Å². The second-order valence-corrected chi connectivity index (χ2v) is 6.08. The molecular formula is C12H12BrFN2S. The van der Waals surface area contributed by atoms with Gasteiger partial charge in [0.15, 0.2) is 0 Å². The molecule has 1 aromatic carbocycles. The highest BCUT2D eigenvalue weighted by atomic mass is 79.9. The summed E-state index contributed by atoms with van der Waals surface area (Å²) in [6.07, 6.45) is 0. The van der Waals surface area contributed by atoms with E-state index in [1.807, 2.05) is 18.4 Å². The van der Waals surface area contributed by atoms with Crippen LogP contribution in [-0.4, -0.2) is 0 Å². The maximum absolute atomic E-state index is 13.3. The molecule has 1 heterocycles. The SMILES string of the molecule is Cc1ccc(F)cc1C(NN)c1csc(Br)c1. The molecule has 1 unspecified atom stereocenters. The summed E-state index contributed by atoms with van der Waals surface area (Å²) in [5.41, 5.74) is 5.63. The van der Waals surface area contributed by atoms with Crippen LogP contribution in [0.2, 0.25) is 0 Å². The molecule has 0 aliphatic carbocycles. The summed E-state index contributed by atoms with van der Waals surface area (Å²) in [5.74, 6) is 5.33. The Kier molecular flexibility index (Phi) is 3.93. The molecular weight excluding hydrogens is 303 g/mol. The van der Waals surface area contributed by atoms with Gasteiger partial charge in [0.1, 0.15) is 5.82 Å². The maximum atomic E-state index is 13.3. The zero-order valence-corrected chi connectivity index (χ0v) is 11.6. The molecule has 2 nitrogen and oxygen atoms in total. The number of benzene rings is 1. The lowest BCUT2D eigenvalue weighted by atomic mass is 9.97. The Bertz CT molecular complexity index is 527. The van der Waals surface area contributed by atoms with Gasteiger partial charge in [0.05, 0.1) is 9.83 Å².